The van der Waals surface area contributed by atoms with Gasteiger partial charge in [-0.3, -0.25) is 4.79 Å². The number of nitriles is 1. The number of carbonyl (C=O) groups excluding carboxylic acids is 1. The van der Waals surface area contributed by atoms with Crippen molar-refractivity contribution in [2.75, 3.05) is 7.11 Å². The van der Waals surface area contributed by atoms with Crippen LogP contribution in [0.15, 0.2) is 23.8 Å². The molecule has 2 N–H and O–H groups in total. The second-order valence-electron chi connectivity index (χ2n) is 5.06. The lowest BCUT2D eigenvalue weighted by Crippen LogP contribution is -2.33. The average molecular weight is 286 g/mol. The van der Waals surface area contributed by atoms with Crippen molar-refractivity contribution in [3.05, 3.63) is 29.3 Å². The molecule has 0 bridgehead atoms. The number of phenolic OH excluding ortho intramolecular Hbond substituents is 1. The first-order valence-electron chi connectivity index (χ1n) is 6.93. The molecule has 1 fully saturated rings. The fraction of sp³-hybridized carbons (Fsp3) is 0.375. The molecule has 1 aliphatic rings. The SMILES string of the molecule is COc1ccc(/C=C(/C#N)C(=O)NC2CCCC2)cc1O. The lowest BCUT2D eigenvalue weighted by atomic mass is 10.1. The second-order valence-corrected chi connectivity index (χ2v) is 5.06. The molecule has 5 nitrogen and oxygen atoms in total. The molecule has 21 heavy (non-hydrogen) atoms. The smallest absolute Gasteiger partial charge is 0.262 e. The summed E-state index contributed by atoms with van der Waals surface area (Å²) in [7, 11) is 1.46. The highest BCUT2D eigenvalue weighted by Gasteiger charge is 2.19. The minimum absolute atomic E-state index is 0.0280. The third kappa shape index (κ3) is 3.76. The fourth-order valence-corrected chi connectivity index (χ4v) is 2.45. The first-order valence-corrected chi connectivity index (χ1v) is 6.93. The summed E-state index contributed by atoms with van der Waals surface area (Å²) in [5, 5.41) is 21.7. The van der Waals surface area contributed by atoms with Crippen molar-refractivity contribution in [1.82, 2.24) is 5.32 Å². The van der Waals surface area contributed by atoms with Gasteiger partial charge in [0.2, 0.25) is 0 Å². The molecular weight excluding hydrogens is 268 g/mol. The van der Waals surface area contributed by atoms with Gasteiger partial charge in [-0.2, -0.15) is 5.26 Å². The van der Waals surface area contributed by atoms with Gasteiger partial charge in [-0.05, 0) is 36.6 Å². The number of phenols is 1. The number of hydrogen-bond acceptors (Lipinski definition) is 4. The number of aromatic hydroxyl groups is 1. The monoisotopic (exact) mass is 286 g/mol. The molecule has 1 aromatic carbocycles. The van der Waals surface area contributed by atoms with E-state index in [1.165, 1.54) is 19.3 Å². The normalized spacial score (nSPS) is 15.5. The molecule has 0 aromatic heterocycles. The summed E-state index contributed by atoms with van der Waals surface area (Å²) in [5.74, 6) is -0.0412. The number of hydrogen-bond donors (Lipinski definition) is 2. The maximum atomic E-state index is 12.1. The lowest BCUT2D eigenvalue weighted by Gasteiger charge is -2.11. The van der Waals surface area contributed by atoms with Crippen LogP contribution in [-0.4, -0.2) is 24.2 Å². The van der Waals surface area contributed by atoms with Crippen LogP contribution in [0.25, 0.3) is 6.08 Å². The number of nitrogens with one attached hydrogen (secondary N) is 1. The number of nitrogens with zero attached hydrogens (tertiary/aromatic N) is 1. The van der Waals surface area contributed by atoms with E-state index in [0.717, 1.165) is 25.7 Å². The maximum Gasteiger partial charge on any atom is 0.262 e. The minimum Gasteiger partial charge on any atom is -0.504 e. The maximum absolute atomic E-state index is 12.1. The van der Waals surface area contributed by atoms with Gasteiger partial charge < -0.3 is 15.2 Å². The summed E-state index contributed by atoms with van der Waals surface area (Å²) in [6, 6.07) is 6.80. The molecule has 1 aromatic rings. The topological polar surface area (TPSA) is 82.3 Å². The van der Waals surface area contributed by atoms with Crippen molar-refractivity contribution < 1.29 is 14.6 Å². The average Bonchev–Trinajstić information content (AvgIpc) is 2.97. The molecule has 1 amide bonds. The molecule has 0 atom stereocenters. The van der Waals surface area contributed by atoms with Crippen molar-refractivity contribution in [3.8, 4) is 17.6 Å². The molecule has 0 heterocycles. The van der Waals surface area contributed by atoms with E-state index < -0.39 is 0 Å². The standard InChI is InChI=1S/C16H18N2O3/c1-21-15-7-6-11(9-14(15)19)8-12(10-17)16(20)18-13-4-2-3-5-13/h6-9,13,19H,2-5H2,1H3,(H,18,20)/b12-8-. The van der Waals surface area contributed by atoms with Crippen LogP contribution in [0, 0.1) is 11.3 Å². The largest absolute Gasteiger partial charge is 0.504 e. The zero-order chi connectivity index (χ0) is 15.2. The fourth-order valence-electron chi connectivity index (χ4n) is 2.45. The van der Waals surface area contributed by atoms with Crippen LogP contribution < -0.4 is 10.1 Å². The zero-order valence-corrected chi connectivity index (χ0v) is 11.9. The first-order chi connectivity index (χ1) is 10.1. The molecule has 0 aliphatic heterocycles. The highest BCUT2D eigenvalue weighted by Crippen LogP contribution is 2.27. The van der Waals surface area contributed by atoms with E-state index in [-0.39, 0.29) is 23.3 Å². The quantitative estimate of drug-likeness (QED) is 0.657. The minimum atomic E-state index is -0.361. The van der Waals surface area contributed by atoms with Gasteiger partial charge in [0.15, 0.2) is 11.5 Å². The van der Waals surface area contributed by atoms with Crippen LogP contribution in [0.1, 0.15) is 31.2 Å². The summed E-state index contributed by atoms with van der Waals surface area (Å²) in [5.41, 5.74) is 0.609. The predicted octanol–water partition coefficient (Wildman–Crippen LogP) is 2.37. The summed E-state index contributed by atoms with van der Waals surface area (Å²) in [6.45, 7) is 0. The van der Waals surface area contributed by atoms with E-state index >= 15 is 0 Å². The Labute approximate surface area is 123 Å². The molecule has 0 radical (unpaired) electrons. The van der Waals surface area contributed by atoms with Gasteiger partial charge in [0.05, 0.1) is 7.11 Å². The highest BCUT2D eigenvalue weighted by atomic mass is 16.5. The van der Waals surface area contributed by atoms with Gasteiger partial charge in [-0.1, -0.05) is 18.9 Å². The van der Waals surface area contributed by atoms with Crippen LogP contribution in [0.4, 0.5) is 0 Å². The highest BCUT2D eigenvalue weighted by molar-refractivity contribution is 6.01. The molecule has 1 saturated carbocycles. The third-order valence-electron chi connectivity index (χ3n) is 3.57. The predicted molar refractivity (Wildman–Crippen MR) is 78.6 cm³/mol. The van der Waals surface area contributed by atoms with Gasteiger partial charge in [-0.15, -0.1) is 0 Å². The van der Waals surface area contributed by atoms with E-state index in [0.29, 0.717) is 11.3 Å². The van der Waals surface area contributed by atoms with Crippen molar-refractivity contribution in [2.45, 2.75) is 31.7 Å². The number of benzene rings is 1. The van der Waals surface area contributed by atoms with Crippen molar-refractivity contribution >= 4 is 12.0 Å². The van der Waals surface area contributed by atoms with Gasteiger partial charge in [0, 0.05) is 6.04 Å². The summed E-state index contributed by atoms with van der Waals surface area (Å²) >= 11 is 0. The Kier molecular flexibility index (Phi) is 4.83. The number of ether oxygens (including phenoxy) is 1. The molecule has 5 heteroatoms. The number of methoxy groups -OCH3 is 1. The van der Waals surface area contributed by atoms with Crippen molar-refractivity contribution in [2.24, 2.45) is 0 Å². The van der Waals surface area contributed by atoms with E-state index in [9.17, 15) is 9.90 Å². The van der Waals surface area contributed by atoms with E-state index in [1.807, 2.05) is 6.07 Å². The van der Waals surface area contributed by atoms with E-state index in [2.05, 4.69) is 5.32 Å². The molecule has 0 spiro atoms. The number of rotatable bonds is 4. The van der Waals surface area contributed by atoms with E-state index in [1.54, 1.807) is 12.1 Å². The molecular formula is C16H18N2O3. The van der Waals surface area contributed by atoms with Crippen LogP contribution in [0.2, 0.25) is 0 Å². The van der Waals surface area contributed by atoms with Crippen LogP contribution in [0.3, 0.4) is 0 Å². The zero-order valence-electron chi connectivity index (χ0n) is 11.9. The van der Waals surface area contributed by atoms with Gasteiger partial charge >= 0.3 is 0 Å². The lowest BCUT2D eigenvalue weighted by molar-refractivity contribution is -0.117. The molecule has 110 valence electrons. The van der Waals surface area contributed by atoms with Gasteiger partial charge in [-0.25, -0.2) is 0 Å². The van der Waals surface area contributed by atoms with Gasteiger partial charge in [0.25, 0.3) is 5.91 Å². The summed E-state index contributed by atoms with van der Waals surface area (Å²) in [4.78, 5) is 12.1. The second kappa shape index (κ2) is 6.80. The number of amides is 1. The summed E-state index contributed by atoms with van der Waals surface area (Å²) in [6.07, 6.45) is 5.62. The Bertz CT molecular complexity index is 596. The van der Waals surface area contributed by atoms with Gasteiger partial charge in [0.1, 0.15) is 11.6 Å². The van der Waals surface area contributed by atoms with Crippen LogP contribution >= 0.6 is 0 Å². The summed E-state index contributed by atoms with van der Waals surface area (Å²) < 4.78 is 4.95. The number of carbonyl (C=O) groups is 1. The Morgan fingerprint density at radius 1 is 1.48 bits per heavy atom. The third-order valence-corrected chi connectivity index (χ3v) is 3.57. The Balaban J connectivity index is 2.14. The molecule has 2 rings (SSSR count). The molecule has 1 aliphatic carbocycles. The molecule has 0 saturated heterocycles. The first kappa shape index (κ1) is 14.9. The van der Waals surface area contributed by atoms with E-state index in [4.69, 9.17) is 10.00 Å². The Morgan fingerprint density at radius 3 is 2.76 bits per heavy atom. The van der Waals surface area contributed by atoms with Crippen molar-refractivity contribution in [3.63, 3.8) is 0 Å². The molecule has 0 unspecified atom stereocenters. The Morgan fingerprint density at radius 2 is 2.19 bits per heavy atom. The van der Waals surface area contributed by atoms with Crippen LogP contribution in [0.5, 0.6) is 11.5 Å². The van der Waals surface area contributed by atoms with Crippen LogP contribution in [-0.2, 0) is 4.79 Å². The van der Waals surface area contributed by atoms with Crippen molar-refractivity contribution in [1.29, 1.82) is 5.26 Å². The Hall–Kier alpha value is -2.48.